The summed E-state index contributed by atoms with van der Waals surface area (Å²) in [6.07, 6.45) is 0. The van der Waals surface area contributed by atoms with Gasteiger partial charge in [-0.15, -0.1) is 0 Å². The highest BCUT2D eigenvalue weighted by Crippen LogP contribution is 1.97. The van der Waals surface area contributed by atoms with E-state index in [2.05, 4.69) is 4.74 Å². The first-order valence-corrected chi connectivity index (χ1v) is 2.47. The predicted octanol–water partition coefficient (Wildman–Crippen LogP) is 0.492. The maximum absolute atomic E-state index is 8.82. The van der Waals surface area contributed by atoms with Gasteiger partial charge in [0.2, 0.25) is 0 Å². The lowest BCUT2D eigenvalue weighted by atomic mass is 10.3. The highest BCUT2D eigenvalue weighted by molar-refractivity contribution is 5.37. The first-order valence-electron chi connectivity index (χ1n) is 2.47. The van der Waals surface area contributed by atoms with Gasteiger partial charge >= 0.3 is 0 Å². The van der Waals surface area contributed by atoms with Crippen LogP contribution < -0.4 is 0 Å². The summed E-state index contributed by atoms with van der Waals surface area (Å²) in [6, 6.07) is 3.05. The molecule has 0 bridgehead atoms. The van der Waals surface area contributed by atoms with Crippen LogP contribution in [0.2, 0.25) is 0 Å². The van der Waals surface area contributed by atoms with Crippen LogP contribution in [0.4, 0.5) is 0 Å². The van der Waals surface area contributed by atoms with Gasteiger partial charge in [-0.3, -0.25) is 0 Å². The van der Waals surface area contributed by atoms with Crippen molar-refractivity contribution in [1.82, 2.24) is 0 Å². The Morgan fingerprint density at radius 1 is 1.50 bits per heavy atom. The SMILES string of the molecule is COCC(O)=C(C#N)C#N. The van der Waals surface area contributed by atoms with E-state index in [1.807, 2.05) is 0 Å². The van der Waals surface area contributed by atoms with Crippen molar-refractivity contribution in [3.8, 4) is 12.1 Å². The monoisotopic (exact) mass is 138 g/mol. The van der Waals surface area contributed by atoms with Crippen molar-refractivity contribution in [1.29, 1.82) is 10.5 Å². The molecule has 0 fully saturated rings. The molecule has 0 amide bonds. The van der Waals surface area contributed by atoms with Gasteiger partial charge in [0.05, 0.1) is 0 Å². The van der Waals surface area contributed by atoms with Crippen molar-refractivity contribution >= 4 is 0 Å². The number of ether oxygens (including phenoxy) is 1. The van der Waals surface area contributed by atoms with Crippen LogP contribution in [-0.2, 0) is 4.74 Å². The molecule has 0 aromatic rings. The van der Waals surface area contributed by atoms with Gasteiger partial charge in [-0.05, 0) is 0 Å². The maximum atomic E-state index is 8.82. The van der Waals surface area contributed by atoms with E-state index < -0.39 is 0 Å². The number of aliphatic hydroxyl groups is 1. The van der Waals surface area contributed by atoms with Crippen molar-refractivity contribution < 1.29 is 9.84 Å². The lowest BCUT2D eigenvalue weighted by molar-refractivity contribution is 0.182. The smallest absolute Gasteiger partial charge is 0.169 e. The van der Waals surface area contributed by atoms with Crippen LogP contribution in [0.1, 0.15) is 0 Å². The highest BCUT2D eigenvalue weighted by atomic mass is 16.5. The Balaban J connectivity index is 4.36. The summed E-state index contributed by atoms with van der Waals surface area (Å²) < 4.78 is 4.48. The molecule has 0 atom stereocenters. The van der Waals surface area contributed by atoms with Gasteiger partial charge in [-0.2, -0.15) is 10.5 Å². The van der Waals surface area contributed by atoms with Crippen molar-refractivity contribution in [3.63, 3.8) is 0 Å². The zero-order valence-corrected chi connectivity index (χ0v) is 5.46. The maximum Gasteiger partial charge on any atom is 0.169 e. The van der Waals surface area contributed by atoms with Gasteiger partial charge in [0.15, 0.2) is 5.57 Å². The third-order valence-electron chi connectivity index (χ3n) is 0.793. The molecule has 1 N–H and O–H groups in total. The molecule has 0 aliphatic carbocycles. The van der Waals surface area contributed by atoms with Crippen LogP contribution in [-0.4, -0.2) is 18.8 Å². The van der Waals surface area contributed by atoms with Gasteiger partial charge in [-0.25, -0.2) is 0 Å². The number of nitrogens with zero attached hydrogens (tertiary/aromatic N) is 2. The van der Waals surface area contributed by atoms with Crippen molar-refractivity contribution in [2.24, 2.45) is 0 Å². The van der Waals surface area contributed by atoms with Crippen molar-refractivity contribution in [3.05, 3.63) is 11.3 Å². The molecule has 10 heavy (non-hydrogen) atoms. The minimum Gasteiger partial charge on any atom is -0.508 e. The van der Waals surface area contributed by atoms with E-state index in [4.69, 9.17) is 15.6 Å². The summed E-state index contributed by atoms with van der Waals surface area (Å²) in [4.78, 5) is 0. The zero-order valence-electron chi connectivity index (χ0n) is 5.46. The fraction of sp³-hybridized carbons (Fsp3) is 0.333. The standard InChI is InChI=1S/C6H6N2O2/c1-10-4-6(9)5(2-7)3-8/h9H,4H2,1H3. The first kappa shape index (κ1) is 8.48. The molecule has 0 rings (SSSR count). The van der Waals surface area contributed by atoms with E-state index in [9.17, 15) is 0 Å². The summed E-state index contributed by atoms with van der Waals surface area (Å²) in [5.74, 6) is -0.326. The Labute approximate surface area is 58.6 Å². The first-order chi connectivity index (χ1) is 4.76. The zero-order chi connectivity index (χ0) is 7.98. The van der Waals surface area contributed by atoms with Gasteiger partial charge in [-0.1, -0.05) is 0 Å². The summed E-state index contributed by atoms with van der Waals surface area (Å²) in [5, 5.41) is 25.2. The Hall–Kier alpha value is -1.52. The van der Waals surface area contributed by atoms with Crippen molar-refractivity contribution in [2.75, 3.05) is 13.7 Å². The van der Waals surface area contributed by atoms with E-state index in [1.165, 1.54) is 19.2 Å². The van der Waals surface area contributed by atoms with Gasteiger partial charge in [0, 0.05) is 7.11 Å². The van der Waals surface area contributed by atoms with E-state index in [0.717, 1.165) is 0 Å². The number of hydrogen-bond donors (Lipinski definition) is 1. The number of allylic oxidation sites excluding steroid dienone is 1. The lowest BCUT2D eigenvalue weighted by Crippen LogP contribution is -1.95. The molecule has 0 saturated heterocycles. The lowest BCUT2D eigenvalue weighted by Gasteiger charge is -1.94. The molecule has 0 heterocycles. The van der Waals surface area contributed by atoms with E-state index in [-0.39, 0.29) is 17.9 Å². The third-order valence-corrected chi connectivity index (χ3v) is 0.793. The highest BCUT2D eigenvalue weighted by Gasteiger charge is 2.01. The average molecular weight is 138 g/mol. The molecule has 52 valence electrons. The van der Waals surface area contributed by atoms with Crippen LogP contribution in [0, 0.1) is 22.7 Å². The molecule has 0 aromatic heterocycles. The number of methoxy groups -OCH3 is 1. The summed E-state index contributed by atoms with van der Waals surface area (Å²) >= 11 is 0. The second-order valence-electron chi connectivity index (χ2n) is 1.48. The molecule has 0 unspecified atom stereocenters. The van der Waals surface area contributed by atoms with E-state index in [0.29, 0.717) is 0 Å². The number of nitriles is 2. The van der Waals surface area contributed by atoms with Gasteiger partial charge in [0.1, 0.15) is 24.5 Å². The minimum absolute atomic E-state index is 0.101. The quantitative estimate of drug-likeness (QED) is 0.445. The Morgan fingerprint density at radius 2 is 2.00 bits per heavy atom. The number of aliphatic hydroxyl groups excluding tert-OH is 1. The molecule has 0 saturated carbocycles. The normalized spacial score (nSPS) is 7.50. The van der Waals surface area contributed by atoms with E-state index >= 15 is 0 Å². The topological polar surface area (TPSA) is 77.0 Å². The fourth-order valence-corrected chi connectivity index (χ4v) is 0.363. The van der Waals surface area contributed by atoms with Crippen LogP contribution in [0.5, 0.6) is 0 Å². The molecule has 0 aliphatic heterocycles. The largest absolute Gasteiger partial charge is 0.508 e. The van der Waals surface area contributed by atoms with Crippen LogP contribution in [0.15, 0.2) is 11.3 Å². The molecule has 4 nitrogen and oxygen atoms in total. The average Bonchev–Trinajstić information content (AvgIpc) is 1.91. The minimum atomic E-state index is -0.326. The van der Waals surface area contributed by atoms with E-state index in [1.54, 1.807) is 0 Å². The molecule has 0 spiro atoms. The molecule has 0 aliphatic rings. The summed E-state index contributed by atoms with van der Waals surface area (Å²) in [6.45, 7) is -0.101. The second-order valence-corrected chi connectivity index (χ2v) is 1.48. The van der Waals surface area contributed by atoms with Crippen LogP contribution in [0.3, 0.4) is 0 Å². The van der Waals surface area contributed by atoms with Gasteiger partial charge in [0.25, 0.3) is 0 Å². The Morgan fingerprint density at radius 3 is 2.30 bits per heavy atom. The predicted molar refractivity (Wildman–Crippen MR) is 32.8 cm³/mol. The molecule has 4 heteroatoms. The molecule has 0 aromatic carbocycles. The van der Waals surface area contributed by atoms with Crippen molar-refractivity contribution in [2.45, 2.75) is 0 Å². The third kappa shape index (κ3) is 2.17. The van der Waals surface area contributed by atoms with Crippen LogP contribution >= 0.6 is 0 Å². The Kier molecular flexibility index (Phi) is 3.70. The van der Waals surface area contributed by atoms with Gasteiger partial charge < -0.3 is 9.84 Å². The van der Waals surface area contributed by atoms with Crippen LogP contribution in [0.25, 0.3) is 0 Å². The molecular formula is C6H6N2O2. The molecule has 0 radical (unpaired) electrons. The number of hydrogen-bond acceptors (Lipinski definition) is 4. The second kappa shape index (κ2) is 4.37. The number of rotatable bonds is 2. The fourth-order valence-electron chi connectivity index (χ4n) is 0.363. The Bertz CT molecular complexity index is 203. The summed E-state index contributed by atoms with van der Waals surface area (Å²) in [7, 11) is 1.36. The molecular weight excluding hydrogens is 132 g/mol. The summed E-state index contributed by atoms with van der Waals surface area (Å²) in [5.41, 5.74) is -0.304.